The highest BCUT2D eigenvalue weighted by atomic mass is 32.1. The van der Waals surface area contributed by atoms with Crippen LogP contribution in [0.15, 0.2) is 41.8 Å². The van der Waals surface area contributed by atoms with Crippen molar-refractivity contribution in [3.63, 3.8) is 0 Å². The van der Waals surface area contributed by atoms with Gasteiger partial charge in [-0.2, -0.15) is 5.10 Å². The molecule has 1 aliphatic rings. The third kappa shape index (κ3) is 2.32. The van der Waals surface area contributed by atoms with Crippen LogP contribution in [0.2, 0.25) is 0 Å². The Morgan fingerprint density at radius 3 is 2.78 bits per heavy atom. The Bertz CT molecular complexity index is 883. The Labute approximate surface area is 137 Å². The minimum atomic E-state index is -0.330. The van der Waals surface area contributed by atoms with Gasteiger partial charge in [0.1, 0.15) is 11.5 Å². The molecule has 23 heavy (non-hydrogen) atoms. The monoisotopic (exact) mass is 326 g/mol. The standard InChI is InChI=1S/C18H15FN2OS/c1-11-18-15(21(20-11)14-6-3-2-5-13(14)19)9-12(10-16(18)22)17-7-4-8-23-17/h2-8,12H,9-10H2,1H3/t12-/m0/s1. The number of para-hydroxylation sites is 1. The van der Waals surface area contributed by atoms with Crippen molar-refractivity contribution in [1.29, 1.82) is 0 Å². The molecule has 0 N–H and O–H groups in total. The first-order chi connectivity index (χ1) is 11.1. The summed E-state index contributed by atoms with van der Waals surface area (Å²) in [6, 6.07) is 10.6. The van der Waals surface area contributed by atoms with Gasteiger partial charge in [-0.05, 0) is 36.9 Å². The molecular weight excluding hydrogens is 311 g/mol. The number of hydrogen-bond acceptors (Lipinski definition) is 3. The van der Waals surface area contributed by atoms with Crippen LogP contribution in [-0.4, -0.2) is 15.6 Å². The number of Topliss-reactive ketones (excluding diaryl/α,β-unsaturated/α-hetero) is 1. The number of carbonyl (C=O) groups excluding carboxylic acids is 1. The molecule has 116 valence electrons. The molecule has 3 nitrogen and oxygen atoms in total. The Kier molecular flexibility index (Phi) is 3.38. The van der Waals surface area contributed by atoms with E-state index in [0.717, 1.165) is 5.69 Å². The lowest BCUT2D eigenvalue weighted by molar-refractivity contribution is 0.0963. The molecule has 2 aromatic heterocycles. The number of hydrogen-bond donors (Lipinski definition) is 0. The van der Waals surface area contributed by atoms with E-state index in [1.165, 1.54) is 10.9 Å². The molecule has 0 aliphatic heterocycles. The van der Waals surface area contributed by atoms with E-state index in [4.69, 9.17) is 0 Å². The average Bonchev–Trinajstić information content (AvgIpc) is 3.16. The highest BCUT2D eigenvalue weighted by Gasteiger charge is 2.32. The van der Waals surface area contributed by atoms with E-state index in [1.807, 2.05) is 18.4 Å². The fraction of sp³-hybridized carbons (Fsp3) is 0.222. The molecule has 1 aromatic carbocycles. The van der Waals surface area contributed by atoms with Crippen LogP contribution in [0.4, 0.5) is 4.39 Å². The SMILES string of the molecule is Cc1nn(-c2ccccc2F)c2c1C(=O)C[C@@H](c1cccs1)C2. The minimum Gasteiger partial charge on any atom is -0.294 e. The molecule has 5 heteroatoms. The fourth-order valence-electron chi connectivity index (χ4n) is 3.31. The lowest BCUT2D eigenvalue weighted by Crippen LogP contribution is -2.20. The highest BCUT2D eigenvalue weighted by molar-refractivity contribution is 7.10. The zero-order valence-electron chi connectivity index (χ0n) is 12.6. The molecule has 0 amide bonds. The maximum Gasteiger partial charge on any atom is 0.167 e. The number of halogens is 1. The number of fused-ring (bicyclic) bond motifs is 1. The van der Waals surface area contributed by atoms with Gasteiger partial charge in [0.05, 0.1) is 17.0 Å². The van der Waals surface area contributed by atoms with E-state index in [9.17, 15) is 9.18 Å². The lowest BCUT2D eigenvalue weighted by atomic mass is 9.85. The zero-order valence-corrected chi connectivity index (χ0v) is 13.4. The third-order valence-electron chi connectivity index (χ3n) is 4.33. The van der Waals surface area contributed by atoms with Gasteiger partial charge >= 0.3 is 0 Å². The van der Waals surface area contributed by atoms with Crippen LogP contribution in [0, 0.1) is 12.7 Å². The molecule has 0 spiro atoms. The summed E-state index contributed by atoms with van der Waals surface area (Å²) in [6.45, 7) is 1.82. The Hall–Kier alpha value is -2.27. The largest absolute Gasteiger partial charge is 0.294 e. The molecule has 0 fully saturated rings. The second kappa shape index (κ2) is 5.42. The van der Waals surface area contributed by atoms with Crippen LogP contribution in [0.1, 0.15) is 39.0 Å². The van der Waals surface area contributed by atoms with Crippen LogP contribution in [0.3, 0.4) is 0 Å². The molecule has 3 aromatic rings. The zero-order chi connectivity index (χ0) is 16.0. The van der Waals surface area contributed by atoms with Gasteiger partial charge in [0.25, 0.3) is 0 Å². The average molecular weight is 326 g/mol. The number of carbonyl (C=O) groups is 1. The first-order valence-electron chi connectivity index (χ1n) is 7.55. The van der Waals surface area contributed by atoms with Gasteiger partial charge in [-0.15, -0.1) is 11.3 Å². The number of rotatable bonds is 2. The molecule has 4 rings (SSSR count). The van der Waals surface area contributed by atoms with Crippen LogP contribution < -0.4 is 0 Å². The molecule has 1 aliphatic carbocycles. The van der Waals surface area contributed by atoms with Crippen molar-refractivity contribution in [2.24, 2.45) is 0 Å². The number of aryl methyl sites for hydroxylation is 1. The topological polar surface area (TPSA) is 34.9 Å². The summed E-state index contributed by atoms with van der Waals surface area (Å²) in [4.78, 5) is 13.8. The first kappa shape index (κ1) is 14.3. The van der Waals surface area contributed by atoms with Gasteiger partial charge in [-0.3, -0.25) is 4.79 Å². The predicted octanol–water partition coefficient (Wildman–Crippen LogP) is 4.29. The number of ketones is 1. The molecule has 1 atom stereocenters. The fourth-order valence-corrected chi connectivity index (χ4v) is 4.14. The number of thiophene rings is 1. The number of nitrogens with zero attached hydrogens (tertiary/aromatic N) is 2. The second-order valence-corrected chi connectivity index (χ2v) is 6.79. The first-order valence-corrected chi connectivity index (χ1v) is 8.43. The van der Waals surface area contributed by atoms with Gasteiger partial charge in [0.2, 0.25) is 0 Å². The Balaban J connectivity index is 1.85. The normalized spacial score (nSPS) is 17.3. The summed E-state index contributed by atoms with van der Waals surface area (Å²) < 4.78 is 15.8. The second-order valence-electron chi connectivity index (χ2n) is 5.81. The lowest BCUT2D eigenvalue weighted by Gasteiger charge is -2.22. The molecule has 0 saturated carbocycles. The summed E-state index contributed by atoms with van der Waals surface area (Å²) in [5.74, 6) is -0.0788. The van der Waals surface area contributed by atoms with Crippen molar-refractivity contribution < 1.29 is 9.18 Å². The van der Waals surface area contributed by atoms with Gasteiger partial charge < -0.3 is 0 Å². The van der Waals surface area contributed by atoms with Crippen LogP contribution in [0.5, 0.6) is 0 Å². The van der Waals surface area contributed by atoms with E-state index < -0.39 is 0 Å². The van der Waals surface area contributed by atoms with Gasteiger partial charge in [-0.1, -0.05) is 18.2 Å². The number of aromatic nitrogens is 2. The van der Waals surface area contributed by atoms with Crippen molar-refractivity contribution in [1.82, 2.24) is 9.78 Å². The summed E-state index contributed by atoms with van der Waals surface area (Å²) in [5, 5.41) is 6.47. The van der Waals surface area contributed by atoms with Crippen molar-refractivity contribution >= 4 is 17.1 Å². The molecular formula is C18H15FN2OS. The molecule has 0 unspecified atom stereocenters. The van der Waals surface area contributed by atoms with Crippen LogP contribution in [-0.2, 0) is 6.42 Å². The molecule has 0 saturated heterocycles. The summed E-state index contributed by atoms with van der Waals surface area (Å²) in [5.41, 5.74) is 2.57. The predicted molar refractivity (Wildman–Crippen MR) is 88.0 cm³/mol. The summed E-state index contributed by atoms with van der Waals surface area (Å²) in [7, 11) is 0. The van der Waals surface area contributed by atoms with Crippen molar-refractivity contribution in [2.75, 3.05) is 0 Å². The highest BCUT2D eigenvalue weighted by Crippen LogP contribution is 2.37. The van der Waals surface area contributed by atoms with E-state index in [1.54, 1.807) is 34.2 Å². The Morgan fingerprint density at radius 2 is 2.04 bits per heavy atom. The van der Waals surface area contributed by atoms with E-state index >= 15 is 0 Å². The molecule has 0 bridgehead atoms. The van der Waals surface area contributed by atoms with Crippen molar-refractivity contribution in [2.45, 2.75) is 25.7 Å². The van der Waals surface area contributed by atoms with Crippen LogP contribution >= 0.6 is 11.3 Å². The quantitative estimate of drug-likeness (QED) is 0.704. The van der Waals surface area contributed by atoms with Crippen LogP contribution in [0.25, 0.3) is 5.69 Å². The minimum absolute atomic E-state index is 0.102. The summed E-state index contributed by atoms with van der Waals surface area (Å²) in [6.07, 6.45) is 1.20. The van der Waals surface area contributed by atoms with Gasteiger partial charge in [0, 0.05) is 17.2 Å². The molecule has 0 radical (unpaired) electrons. The summed E-state index contributed by atoms with van der Waals surface area (Å²) >= 11 is 1.66. The maximum absolute atomic E-state index is 14.2. The van der Waals surface area contributed by atoms with E-state index in [0.29, 0.717) is 29.8 Å². The van der Waals surface area contributed by atoms with E-state index in [-0.39, 0.29) is 17.5 Å². The maximum atomic E-state index is 14.2. The van der Waals surface area contributed by atoms with Crippen molar-refractivity contribution in [3.8, 4) is 5.69 Å². The van der Waals surface area contributed by atoms with E-state index in [2.05, 4.69) is 11.2 Å². The third-order valence-corrected chi connectivity index (χ3v) is 5.37. The molecule has 2 heterocycles. The number of benzene rings is 1. The smallest absolute Gasteiger partial charge is 0.167 e. The van der Waals surface area contributed by atoms with Crippen molar-refractivity contribution in [3.05, 3.63) is 69.4 Å². The van der Waals surface area contributed by atoms with Gasteiger partial charge in [-0.25, -0.2) is 9.07 Å². The van der Waals surface area contributed by atoms with Gasteiger partial charge in [0.15, 0.2) is 5.78 Å². The Morgan fingerprint density at radius 1 is 1.22 bits per heavy atom.